The van der Waals surface area contributed by atoms with Crippen LogP contribution < -0.4 is 16.5 Å². The van der Waals surface area contributed by atoms with Gasteiger partial charge in [0.05, 0.1) is 16.6 Å². The molecule has 0 amide bonds. The highest BCUT2D eigenvalue weighted by molar-refractivity contribution is 7.00. The van der Waals surface area contributed by atoms with Crippen molar-refractivity contribution in [3.05, 3.63) is 128 Å². The molecule has 0 saturated carbocycles. The lowest BCUT2D eigenvalue weighted by Gasteiger charge is -2.33. The van der Waals surface area contributed by atoms with Gasteiger partial charge in [0.25, 0.3) is 6.71 Å². The average molecular weight is 569 g/mol. The predicted octanol–water partition coefficient (Wildman–Crippen LogP) is 7.82. The summed E-state index contributed by atoms with van der Waals surface area (Å²) in [7, 11) is 2.23. The highest BCUT2D eigenvalue weighted by Crippen LogP contribution is 2.42. The molecule has 0 N–H and O–H groups in total. The van der Waals surface area contributed by atoms with Crippen LogP contribution in [-0.2, 0) is 7.05 Å². The SMILES string of the molecule is Cn1cc2c3ccccc3n3c2c1B1c2c(cccc2-3)-n2c3cc4c5ccccc5c5ccccc5c4cc3c3cccc1c32. The molecule has 0 spiro atoms. The second-order valence-electron chi connectivity index (χ2n) is 13.0. The molecule has 5 heterocycles. The average Bonchev–Trinajstić information content (AvgIpc) is 3.72. The lowest BCUT2D eigenvalue weighted by Crippen LogP contribution is -2.61. The standard InChI is InChI=1S/C41H24BN3/c1-43-22-32-27-14-6-7-17-34(27)44-35-18-9-19-36-38(35)42(41(43)40(32)44)33-16-8-15-28-31-20-29-25-12-4-2-10-23(25)24-11-3-5-13-26(24)30(29)21-37(31)45(36)39(28)33/h2-22H,1H3. The number of aromatic nitrogens is 3. The van der Waals surface area contributed by atoms with Gasteiger partial charge in [-0.1, -0.05) is 91.0 Å². The van der Waals surface area contributed by atoms with Crippen molar-refractivity contribution in [2.75, 3.05) is 0 Å². The van der Waals surface area contributed by atoms with Gasteiger partial charge in [-0.05, 0) is 73.6 Å². The molecule has 7 aromatic carbocycles. The molecular formula is C41H24BN3. The number of nitrogens with zero attached hydrogens (tertiary/aromatic N) is 3. The second-order valence-corrected chi connectivity index (χ2v) is 13.0. The largest absolute Gasteiger partial charge is 0.359 e. The summed E-state index contributed by atoms with van der Waals surface area (Å²) in [6, 6.07) is 45.6. The molecule has 3 nitrogen and oxygen atoms in total. The van der Waals surface area contributed by atoms with Crippen LogP contribution in [-0.4, -0.2) is 20.4 Å². The summed E-state index contributed by atoms with van der Waals surface area (Å²) >= 11 is 0. The quantitative estimate of drug-likeness (QED) is 0.131. The topological polar surface area (TPSA) is 14.8 Å². The zero-order chi connectivity index (χ0) is 29.1. The van der Waals surface area contributed by atoms with Gasteiger partial charge < -0.3 is 13.7 Å². The minimum atomic E-state index is 0.159. The molecule has 45 heavy (non-hydrogen) atoms. The Morgan fingerprint density at radius 2 is 1.02 bits per heavy atom. The van der Waals surface area contributed by atoms with Crippen LogP contribution in [0.5, 0.6) is 0 Å². The molecular weight excluding hydrogens is 545 g/mol. The normalized spacial score (nSPS) is 13.4. The summed E-state index contributed by atoms with van der Waals surface area (Å²) in [5.74, 6) is 0. The molecule has 0 saturated heterocycles. The van der Waals surface area contributed by atoms with Crippen LogP contribution in [0.3, 0.4) is 0 Å². The minimum absolute atomic E-state index is 0.159. The van der Waals surface area contributed by atoms with E-state index in [0.29, 0.717) is 0 Å². The molecule has 0 bridgehead atoms. The van der Waals surface area contributed by atoms with E-state index in [1.54, 1.807) is 0 Å². The van der Waals surface area contributed by atoms with Gasteiger partial charge in [0.15, 0.2) is 0 Å². The Bertz CT molecular complexity index is 3010. The number of hydrogen-bond acceptors (Lipinski definition) is 0. The maximum absolute atomic E-state index is 2.58. The summed E-state index contributed by atoms with van der Waals surface area (Å²) in [5, 5.41) is 13.2. The summed E-state index contributed by atoms with van der Waals surface area (Å²) in [6.07, 6.45) is 2.35. The van der Waals surface area contributed by atoms with E-state index >= 15 is 0 Å². The molecule has 0 unspecified atom stereocenters. The number of rotatable bonds is 0. The van der Waals surface area contributed by atoms with Crippen LogP contribution in [0, 0.1) is 0 Å². The van der Waals surface area contributed by atoms with E-state index in [2.05, 4.69) is 148 Å². The van der Waals surface area contributed by atoms with Gasteiger partial charge in [0, 0.05) is 57.3 Å². The van der Waals surface area contributed by atoms with Crippen LogP contribution in [0.2, 0.25) is 0 Å². The zero-order valence-corrected chi connectivity index (χ0v) is 24.5. The molecule has 2 aliphatic rings. The fourth-order valence-electron chi connectivity index (χ4n) is 9.31. The van der Waals surface area contributed by atoms with Gasteiger partial charge in [0.1, 0.15) is 0 Å². The molecule has 3 aromatic heterocycles. The Morgan fingerprint density at radius 1 is 0.444 bits per heavy atom. The third-order valence-corrected chi connectivity index (χ3v) is 11.0. The fourth-order valence-corrected chi connectivity index (χ4v) is 9.31. The monoisotopic (exact) mass is 569 g/mol. The van der Waals surface area contributed by atoms with E-state index in [-0.39, 0.29) is 6.71 Å². The molecule has 0 aliphatic carbocycles. The van der Waals surface area contributed by atoms with Crippen molar-refractivity contribution in [1.82, 2.24) is 13.7 Å². The molecule has 0 radical (unpaired) electrons. The minimum Gasteiger partial charge on any atom is -0.359 e. The van der Waals surface area contributed by atoms with Crippen LogP contribution >= 0.6 is 0 Å². The summed E-state index contributed by atoms with van der Waals surface area (Å²) in [5.41, 5.74) is 12.0. The molecule has 4 heteroatoms. The second kappa shape index (κ2) is 7.48. The first-order valence-electron chi connectivity index (χ1n) is 15.8. The van der Waals surface area contributed by atoms with Crippen molar-refractivity contribution in [2.45, 2.75) is 0 Å². The Labute approximate surface area is 258 Å². The Morgan fingerprint density at radius 3 is 1.76 bits per heavy atom. The van der Waals surface area contributed by atoms with E-state index in [0.717, 1.165) is 0 Å². The Hall–Kier alpha value is -5.74. The van der Waals surface area contributed by atoms with Gasteiger partial charge in [0.2, 0.25) is 0 Å². The number of benzene rings is 7. The van der Waals surface area contributed by atoms with Crippen molar-refractivity contribution in [2.24, 2.45) is 7.05 Å². The van der Waals surface area contributed by atoms with Gasteiger partial charge in [-0.2, -0.15) is 0 Å². The smallest absolute Gasteiger partial charge is 0.272 e. The van der Waals surface area contributed by atoms with Crippen molar-refractivity contribution in [1.29, 1.82) is 0 Å². The van der Waals surface area contributed by atoms with Crippen molar-refractivity contribution < 1.29 is 0 Å². The number of aryl methyl sites for hydroxylation is 1. The van der Waals surface area contributed by atoms with Crippen molar-refractivity contribution in [3.63, 3.8) is 0 Å². The summed E-state index contributed by atoms with van der Waals surface area (Å²) in [6.45, 7) is 0.159. The number of fused-ring (bicyclic) bond motifs is 16. The van der Waals surface area contributed by atoms with Gasteiger partial charge in [-0.15, -0.1) is 0 Å². The lowest BCUT2D eigenvalue weighted by molar-refractivity contribution is 0.956. The Kier molecular flexibility index (Phi) is 3.78. The first kappa shape index (κ1) is 22.8. The van der Waals surface area contributed by atoms with Crippen molar-refractivity contribution in [3.8, 4) is 11.4 Å². The fraction of sp³-hybridized carbons (Fsp3) is 0.0244. The van der Waals surface area contributed by atoms with E-state index in [1.807, 2.05) is 0 Å². The molecule has 10 aromatic rings. The van der Waals surface area contributed by atoms with Gasteiger partial charge >= 0.3 is 0 Å². The van der Waals surface area contributed by atoms with E-state index in [1.165, 1.54) is 104 Å². The number of para-hydroxylation sites is 2. The summed E-state index contributed by atoms with van der Waals surface area (Å²) in [4.78, 5) is 0. The predicted molar refractivity (Wildman–Crippen MR) is 191 cm³/mol. The molecule has 0 atom stereocenters. The highest BCUT2D eigenvalue weighted by atomic mass is 15.1. The van der Waals surface area contributed by atoms with Crippen molar-refractivity contribution >= 4 is 99.2 Å². The molecule has 206 valence electrons. The highest BCUT2D eigenvalue weighted by Gasteiger charge is 2.42. The molecule has 2 aliphatic heterocycles. The third-order valence-electron chi connectivity index (χ3n) is 11.0. The van der Waals surface area contributed by atoms with Crippen LogP contribution in [0.4, 0.5) is 0 Å². The third kappa shape index (κ3) is 2.45. The van der Waals surface area contributed by atoms with Gasteiger partial charge in [-0.25, -0.2) is 0 Å². The maximum Gasteiger partial charge on any atom is 0.272 e. The van der Waals surface area contributed by atoms with E-state index < -0.39 is 0 Å². The maximum atomic E-state index is 2.58. The Balaban J connectivity index is 1.31. The van der Waals surface area contributed by atoms with Crippen LogP contribution in [0.1, 0.15) is 0 Å². The summed E-state index contributed by atoms with van der Waals surface area (Å²) < 4.78 is 7.50. The first-order valence-corrected chi connectivity index (χ1v) is 15.8. The van der Waals surface area contributed by atoms with E-state index in [4.69, 9.17) is 0 Å². The number of hydrogen-bond donors (Lipinski definition) is 0. The lowest BCUT2D eigenvalue weighted by atomic mass is 9.36. The molecule has 12 rings (SSSR count). The zero-order valence-electron chi connectivity index (χ0n) is 24.5. The molecule has 0 fully saturated rings. The first-order chi connectivity index (χ1) is 22.3. The van der Waals surface area contributed by atoms with Gasteiger partial charge in [-0.3, -0.25) is 0 Å². The van der Waals surface area contributed by atoms with Crippen LogP contribution in [0.25, 0.3) is 87.3 Å². The van der Waals surface area contributed by atoms with Crippen LogP contribution in [0.15, 0.2) is 128 Å². The van der Waals surface area contributed by atoms with E-state index in [9.17, 15) is 0 Å².